The summed E-state index contributed by atoms with van der Waals surface area (Å²) in [5.41, 5.74) is -0.660. The van der Waals surface area contributed by atoms with Crippen LogP contribution in [-0.4, -0.2) is 18.3 Å². The standard InChI is InChI=1S/C23H30O5/c1-15-4-6-23(28-15,12-16-2-3-16)20-19(24)10-18(27-21(20)25)13-22(7-8-22)11-17-5-9-26-14-17/h4,10,16-17,24H,2-3,5-9,11-14H2,1H3. The molecule has 1 N–H and O–H groups in total. The summed E-state index contributed by atoms with van der Waals surface area (Å²) in [5, 5.41) is 10.8. The lowest BCUT2D eigenvalue weighted by Crippen LogP contribution is -2.32. The third-order valence-electron chi connectivity index (χ3n) is 7.08. The molecule has 2 atom stereocenters. The minimum absolute atomic E-state index is 0.0370. The molecule has 2 aliphatic carbocycles. The van der Waals surface area contributed by atoms with Gasteiger partial charge in [0.15, 0.2) is 0 Å². The van der Waals surface area contributed by atoms with E-state index >= 15 is 0 Å². The monoisotopic (exact) mass is 386 g/mol. The van der Waals surface area contributed by atoms with Gasteiger partial charge in [-0.3, -0.25) is 0 Å². The van der Waals surface area contributed by atoms with E-state index in [-0.39, 0.29) is 11.2 Å². The van der Waals surface area contributed by atoms with Crippen LogP contribution in [0.3, 0.4) is 0 Å². The maximum absolute atomic E-state index is 13.0. The highest BCUT2D eigenvalue weighted by Gasteiger charge is 2.48. The smallest absolute Gasteiger partial charge is 0.346 e. The van der Waals surface area contributed by atoms with E-state index in [1.54, 1.807) is 6.07 Å². The average molecular weight is 386 g/mol. The molecule has 28 heavy (non-hydrogen) atoms. The molecular formula is C23H30O5. The van der Waals surface area contributed by atoms with Gasteiger partial charge in [-0.1, -0.05) is 12.8 Å². The lowest BCUT2D eigenvalue weighted by molar-refractivity contribution is 0.00459. The number of hydrogen-bond acceptors (Lipinski definition) is 5. The average Bonchev–Trinajstić information content (AvgIpc) is 3.49. The van der Waals surface area contributed by atoms with Crippen molar-refractivity contribution < 1.29 is 19.0 Å². The van der Waals surface area contributed by atoms with Crippen LogP contribution in [0.25, 0.3) is 0 Å². The van der Waals surface area contributed by atoms with Gasteiger partial charge < -0.3 is 19.0 Å². The molecule has 3 heterocycles. The van der Waals surface area contributed by atoms with E-state index in [0.29, 0.717) is 29.6 Å². The van der Waals surface area contributed by atoms with Gasteiger partial charge in [-0.2, -0.15) is 0 Å². The maximum atomic E-state index is 13.0. The summed E-state index contributed by atoms with van der Waals surface area (Å²) in [7, 11) is 0. The zero-order chi connectivity index (χ0) is 19.4. The van der Waals surface area contributed by atoms with Crippen molar-refractivity contribution in [1.29, 1.82) is 0 Å². The molecule has 0 spiro atoms. The van der Waals surface area contributed by atoms with Crippen molar-refractivity contribution in [2.75, 3.05) is 13.2 Å². The van der Waals surface area contributed by atoms with Crippen LogP contribution in [0, 0.1) is 17.3 Å². The molecule has 2 aliphatic heterocycles. The zero-order valence-electron chi connectivity index (χ0n) is 16.7. The first-order valence-electron chi connectivity index (χ1n) is 10.8. The highest BCUT2D eigenvalue weighted by Crippen LogP contribution is 2.54. The second kappa shape index (κ2) is 6.65. The molecular weight excluding hydrogens is 356 g/mol. The first kappa shape index (κ1) is 18.3. The molecule has 152 valence electrons. The Morgan fingerprint density at radius 3 is 2.57 bits per heavy atom. The van der Waals surface area contributed by atoms with Gasteiger partial charge in [0.05, 0.1) is 5.76 Å². The fraction of sp³-hybridized carbons (Fsp3) is 0.696. The summed E-state index contributed by atoms with van der Waals surface area (Å²) in [6.07, 6.45) is 11.0. The van der Waals surface area contributed by atoms with Crippen molar-refractivity contribution in [2.45, 2.75) is 70.3 Å². The van der Waals surface area contributed by atoms with Crippen LogP contribution in [0.5, 0.6) is 5.75 Å². The van der Waals surface area contributed by atoms with Gasteiger partial charge in [-0.25, -0.2) is 4.79 Å². The number of hydrogen-bond donors (Lipinski definition) is 1. The normalized spacial score (nSPS) is 30.9. The molecule has 2 saturated carbocycles. The predicted octanol–water partition coefficient (Wildman–Crippen LogP) is 4.41. The Morgan fingerprint density at radius 2 is 2.00 bits per heavy atom. The highest BCUT2D eigenvalue weighted by molar-refractivity contribution is 5.38. The van der Waals surface area contributed by atoms with Gasteiger partial charge in [-0.05, 0) is 62.4 Å². The molecule has 0 bridgehead atoms. The number of rotatable bonds is 7. The van der Waals surface area contributed by atoms with Gasteiger partial charge in [-0.15, -0.1) is 0 Å². The van der Waals surface area contributed by atoms with Crippen LogP contribution in [-0.2, 0) is 21.5 Å². The van der Waals surface area contributed by atoms with Crippen molar-refractivity contribution in [3.8, 4) is 5.75 Å². The Hall–Kier alpha value is -1.75. The molecule has 2 unspecified atom stereocenters. The summed E-state index contributed by atoms with van der Waals surface area (Å²) in [6, 6.07) is 1.67. The second-order valence-electron chi connectivity index (χ2n) is 9.63. The Bertz CT molecular complexity index is 839. The van der Waals surface area contributed by atoms with E-state index in [2.05, 4.69) is 0 Å². The molecule has 1 aromatic heterocycles. The summed E-state index contributed by atoms with van der Waals surface area (Å²) < 4.78 is 17.4. The van der Waals surface area contributed by atoms with Crippen molar-refractivity contribution in [3.05, 3.63) is 39.6 Å². The molecule has 4 aliphatic rings. The molecule has 0 amide bonds. The fourth-order valence-corrected chi connectivity index (χ4v) is 5.26. The molecule has 5 heteroatoms. The van der Waals surface area contributed by atoms with Crippen LogP contribution < -0.4 is 5.63 Å². The SMILES string of the molecule is CC1=CCC(CC2CC2)(c2c(O)cc(CC3(CC4CCOC4)CC3)oc2=O)O1. The quantitative estimate of drug-likeness (QED) is 0.751. The summed E-state index contributed by atoms with van der Waals surface area (Å²) in [4.78, 5) is 13.0. The number of aromatic hydroxyl groups is 1. The molecule has 3 fully saturated rings. The maximum Gasteiger partial charge on any atom is 0.346 e. The van der Waals surface area contributed by atoms with Crippen LogP contribution in [0.4, 0.5) is 0 Å². The minimum atomic E-state index is -0.757. The van der Waals surface area contributed by atoms with Crippen molar-refractivity contribution in [1.82, 2.24) is 0 Å². The Balaban J connectivity index is 1.38. The Morgan fingerprint density at radius 1 is 1.18 bits per heavy atom. The van der Waals surface area contributed by atoms with E-state index in [1.807, 2.05) is 13.0 Å². The first-order chi connectivity index (χ1) is 13.5. The fourth-order valence-electron chi connectivity index (χ4n) is 5.26. The molecule has 1 aromatic rings. The van der Waals surface area contributed by atoms with E-state index in [9.17, 15) is 9.90 Å². The van der Waals surface area contributed by atoms with Gasteiger partial charge in [0.2, 0.25) is 0 Å². The van der Waals surface area contributed by atoms with E-state index in [4.69, 9.17) is 13.9 Å². The van der Waals surface area contributed by atoms with E-state index < -0.39 is 11.2 Å². The zero-order valence-corrected chi connectivity index (χ0v) is 16.7. The molecule has 0 radical (unpaired) electrons. The number of ether oxygens (including phenoxy) is 2. The van der Waals surface area contributed by atoms with Crippen LogP contribution in [0.15, 0.2) is 27.1 Å². The van der Waals surface area contributed by atoms with E-state index in [0.717, 1.165) is 57.5 Å². The third-order valence-corrected chi connectivity index (χ3v) is 7.08. The van der Waals surface area contributed by atoms with Crippen LogP contribution in [0.1, 0.15) is 69.6 Å². The van der Waals surface area contributed by atoms with Crippen LogP contribution in [0.2, 0.25) is 0 Å². The van der Waals surface area contributed by atoms with Gasteiger partial charge in [0.1, 0.15) is 22.7 Å². The van der Waals surface area contributed by atoms with Crippen molar-refractivity contribution >= 4 is 0 Å². The molecule has 5 rings (SSSR count). The van der Waals surface area contributed by atoms with Crippen LogP contribution >= 0.6 is 0 Å². The summed E-state index contributed by atoms with van der Waals surface area (Å²) >= 11 is 0. The van der Waals surface area contributed by atoms with Gasteiger partial charge in [0.25, 0.3) is 0 Å². The van der Waals surface area contributed by atoms with Crippen molar-refractivity contribution in [2.24, 2.45) is 17.3 Å². The summed E-state index contributed by atoms with van der Waals surface area (Å²) in [6.45, 7) is 3.62. The molecule has 1 saturated heterocycles. The highest BCUT2D eigenvalue weighted by atomic mass is 16.5. The second-order valence-corrected chi connectivity index (χ2v) is 9.63. The lowest BCUT2D eigenvalue weighted by atomic mass is 9.85. The lowest BCUT2D eigenvalue weighted by Gasteiger charge is -2.30. The Labute approximate surface area is 165 Å². The van der Waals surface area contributed by atoms with Gasteiger partial charge >= 0.3 is 5.63 Å². The molecule has 0 aromatic carbocycles. The predicted molar refractivity (Wildman–Crippen MR) is 104 cm³/mol. The van der Waals surface area contributed by atoms with Gasteiger partial charge in [0, 0.05) is 32.1 Å². The summed E-state index contributed by atoms with van der Waals surface area (Å²) in [5.74, 6) is 2.65. The minimum Gasteiger partial charge on any atom is -0.507 e. The number of allylic oxidation sites excluding steroid dienone is 1. The van der Waals surface area contributed by atoms with Crippen molar-refractivity contribution in [3.63, 3.8) is 0 Å². The van der Waals surface area contributed by atoms with E-state index in [1.165, 1.54) is 12.8 Å². The molecule has 5 nitrogen and oxygen atoms in total. The Kier molecular flexibility index (Phi) is 4.34. The topological polar surface area (TPSA) is 68.9 Å². The first-order valence-corrected chi connectivity index (χ1v) is 10.8. The third kappa shape index (κ3) is 3.49. The largest absolute Gasteiger partial charge is 0.507 e.